The number of rotatable bonds is 2. The molecule has 0 bridgehead atoms. The fourth-order valence-electron chi connectivity index (χ4n) is 2.31. The summed E-state index contributed by atoms with van der Waals surface area (Å²) in [6.07, 6.45) is 0. The van der Waals surface area contributed by atoms with Gasteiger partial charge >= 0.3 is 5.97 Å². The molecule has 5 nitrogen and oxygen atoms in total. The molecule has 0 radical (unpaired) electrons. The fourth-order valence-corrected chi connectivity index (χ4v) is 3.44. The van der Waals surface area contributed by atoms with Gasteiger partial charge in [-0.15, -0.1) is 0 Å². The lowest BCUT2D eigenvalue weighted by atomic mass is 10.1. The monoisotopic (exact) mass is 313 g/mol. The number of esters is 1. The predicted octanol–water partition coefficient (Wildman–Crippen LogP) is 1.66. The zero-order valence-electron chi connectivity index (χ0n) is 10.7. The second kappa shape index (κ2) is 4.81. The Morgan fingerprint density at radius 3 is 2.71 bits per heavy atom. The second-order valence-corrected chi connectivity index (χ2v) is 5.58. The number of carbonyl (C=O) groups excluding carboxylic acids is 1. The molecule has 2 aromatic rings. The number of pyridine rings is 1. The summed E-state index contributed by atoms with van der Waals surface area (Å²) in [5.41, 5.74) is -0.809. The Morgan fingerprint density at radius 2 is 2.10 bits per heavy atom. The van der Waals surface area contributed by atoms with E-state index < -0.39 is 28.4 Å². The van der Waals surface area contributed by atoms with E-state index in [1.807, 2.05) is 0 Å². The Labute approximate surface area is 121 Å². The maximum atomic E-state index is 13.4. The standard InChI is InChI=1S/C13H9F2NO4S/c1-20-13(19)10-11(18)5-2-6(14)7(15)3-8(5)16-9(4-17)21-12(10)16/h2-3,9,17H,4H2,1H3. The number of nitrogens with zero attached hydrogens (tertiary/aromatic N) is 1. The molecule has 0 fully saturated rings. The molecular weight excluding hydrogens is 304 g/mol. The van der Waals surface area contributed by atoms with Gasteiger partial charge in [-0.1, -0.05) is 11.8 Å². The Morgan fingerprint density at radius 1 is 1.43 bits per heavy atom. The molecule has 8 heteroatoms. The lowest BCUT2D eigenvalue weighted by Gasteiger charge is -2.34. The molecule has 1 aromatic heterocycles. The molecule has 1 atom stereocenters. The number of hydrogen-bond acceptors (Lipinski definition) is 5. The summed E-state index contributed by atoms with van der Waals surface area (Å²) < 4.78 is 32.8. The highest BCUT2D eigenvalue weighted by Crippen LogP contribution is 2.46. The largest absolute Gasteiger partial charge is 0.465 e. The van der Waals surface area contributed by atoms with Crippen molar-refractivity contribution < 1.29 is 23.4 Å². The first-order valence-electron chi connectivity index (χ1n) is 5.92. The van der Waals surface area contributed by atoms with Crippen LogP contribution in [0.1, 0.15) is 15.7 Å². The van der Waals surface area contributed by atoms with Crippen molar-refractivity contribution in [2.75, 3.05) is 13.7 Å². The summed E-state index contributed by atoms with van der Waals surface area (Å²) in [6, 6.07) is 1.64. The number of benzene rings is 1. The van der Waals surface area contributed by atoms with E-state index in [9.17, 15) is 23.5 Å². The highest BCUT2D eigenvalue weighted by atomic mass is 32.2. The van der Waals surface area contributed by atoms with E-state index in [-0.39, 0.29) is 28.1 Å². The zero-order chi connectivity index (χ0) is 15.3. The summed E-state index contributed by atoms with van der Waals surface area (Å²) in [5.74, 6) is -3.13. The van der Waals surface area contributed by atoms with Gasteiger partial charge in [-0.25, -0.2) is 13.6 Å². The molecule has 1 aliphatic rings. The highest BCUT2D eigenvalue weighted by molar-refractivity contribution is 8.00. The van der Waals surface area contributed by atoms with Crippen LogP contribution in [0.2, 0.25) is 0 Å². The topological polar surface area (TPSA) is 68.5 Å². The summed E-state index contributed by atoms with van der Waals surface area (Å²) >= 11 is 1.10. The number of carbonyl (C=O) groups is 1. The summed E-state index contributed by atoms with van der Waals surface area (Å²) in [5, 5.41) is 8.96. The van der Waals surface area contributed by atoms with Gasteiger partial charge in [0.05, 0.1) is 24.3 Å². The van der Waals surface area contributed by atoms with Crippen LogP contribution in [-0.4, -0.2) is 29.4 Å². The number of hydrogen-bond donors (Lipinski definition) is 1. The maximum absolute atomic E-state index is 13.4. The van der Waals surface area contributed by atoms with Crippen molar-refractivity contribution in [2.24, 2.45) is 0 Å². The van der Waals surface area contributed by atoms with Crippen molar-refractivity contribution in [1.82, 2.24) is 4.57 Å². The predicted molar refractivity (Wildman–Crippen MR) is 71.4 cm³/mol. The van der Waals surface area contributed by atoms with Gasteiger partial charge in [0.2, 0.25) is 5.43 Å². The minimum atomic E-state index is -1.18. The first kappa shape index (κ1) is 14.0. The van der Waals surface area contributed by atoms with Crippen molar-refractivity contribution in [3.05, 3.63) is 39.6 Å². The molecule has 1 aliphatic heterocycles. The van der Waals surface area contributed by atoms with Crippen molar-refractivity contribution >= 4 is 28.6 Å². The first-order chi connectivity index (χ1) is 9.99. The van der Waals surface area contributed by atoms with E-state index in [2.05, 4.69) is 4.74 Å². The number of thioether (sulfide) groups is 1. The van der Waals surface area contributed by atoms with E-state index in [1.54, 1.807) is 0 Å². The van der Waals surface area contributed by atoms with Crippen LogP contribution in [0, 0.1) is 11.6 Å². The van der Waals surface area contributed by atoms with Gasteiger partial charge in [0, 0.05) is 11.5 Å². The second-order valence-electron chi connectivity index (χ2n) is 4.41. The zero-order valence-corrected chi connectivity index (χ0v) is 11.5. The van der Waals surface area contributed by atoms with Crippen LogP contribution in [0.3, 0.4) is 0 Å². The van der Waals surface area contributed by atoms with Crippen LogP contribution >= 0.6 is 11.8 Å². The molecule has 3 rings (SSSR count). The Kier molecular flexibility index (Phi) is 3.22. The molecular formula is C13H9F2NO4S. The van der Waals surface area contributed by atoms with Crippen molar-refractivity contribution in [2.45, 2.75) is 10.4 Å². The van der Waals surface area contributed by atoms with Gasteiger partial charge in [0.25, 0.3) is 0 Å². The number of fused-ring (bicyclic) bond motifs is 3. The molecule has 1 unspecified atom stereocenters. The molecule has 1 N–H and O–H groups in total. The summed E-state index contributed by atoms with van der Waals surface area (Å²) in [4.78, 5) is 24.1. The Bertz CT molecular complexity index is 833. The van der Waals surface area contributed by atoms with Gasteiger partial charge < -0.3 is 14.4 Å². The van der Waals surface area contributed by atoms with E-state index in [1.165, 1.54) is 4.57 Å². The minimum Gasteiger partial charge on any atom is -0.465 e. The SMILES string of the molecule is COC(=O)c1c2n(c3cc(F)c(F)cc3c1=O)C(CO)S2. The molecule has 0 saturated carbocycles. The Hall–Kier alpha value is -1.93. The van der Waals surface area contributed by atoms with Gasteiger partial charge in [0.1, 0.15) is 10.9 Å². The third kappa shape index (κ3) is 1.86. The number of halogens is 2. The van der Waals surface area contributed by atoms with Crippen LogP contribution in [0.5, 0.6) is 0 Å². The lowest BCUT2D eigenvalue weighted by molar-refractivity contribution is 0.0592. The highest BCUT2D eigenvalue weighted by Gasteiger charge is 2.35. The molecule has 0 aliphatic carbocycles. The van der Waals surface area contributed by atoms with Gasteiger partial charge in [-0.3, -0.25) is 4.79 Å². The Balaban J connectivity index is 2.45. The van der Waals surface area contributed by atoms with Gasteiger partial charge in [-0.05, 0) is 6.07 Å². The average molecular weight is 313 g/mol. The molecule has 0 amide bonds. The van der Waals surface area contributed by atoms with Crippen LogP contribution in [0.25, 0.3) is 10.9 Å². The van der Waals surface area contributed by atoms with Gasteiger partial charge in [0.15, 0.2) is 11.6 Å². The van der Waals surface area contributed by atoms with E-state index in [0.29, 0.717) is 0 Å². The van der Waals surface area contributed by atoms with Crippen molar-refractivity contribution in [3.8, 4) is 0 Å². The third-order valence-corrected chi connectivity index (χ3v) is 4.54. The van der Waals surface area contributed by atoms with Crippen LogP contribution < -0.4 is 5.43 Å². The number of aliphatic hydroxyl groups excluding tert-OH is 1. The maximum Gasteiger partial charge on any atom is 0.344 e. The molecule has 0 saturated heterocycles. The van der Waals surface area contributed by atoms with Crippen molar-refractivity contribution in [1.29, 1.82) is 0 Å². The van der Waals surface area contributed by atoms with Crippen LogP contribution in [0.15, 0.2) is 22.0 Å². The molecule has 21 heavy (non-hydrogen) atoms. The molecule has 1 aromatic carbocycles. The summed E-state index contributed by atoms with van der Waals surface area (Å²) in [7, 11) is 1.13. The van der Waals surface area contributed by atoms with Crippen LogP contribution in [-0.2, 0) is 4.74 Å². The number of ether oxygens (including phenoxy) is 1. The molecule has 2 heterocycles. The van der Waals surface area contributed by atoms with E-state index in [4.69, 9.17) is 0 Å². The van der Waals surface area contributed by atoms with Crippen molar-refractivity contribution in [3.63, 3.8) is 0 Å². The minimum absolute atomic E-state index is 0.128. The number of methoxy groups -OCH3 is 1. The third-order valence-electron chi connectivity index (χ3n) is 3.28. The first-order valence-corrected chi connectivity index (χ1v) is 6.80. The van der Waals surface area contributed by atoms with E-state index >= 15 is 0 Å². The van der Waals surface area contributed by atoms with Gasteiger partial charge in [-0.2, -0.15) is 0 Å². The molecule has 0 spiro atoms. The van der Waals surface area contributed by atoms with E-state index in [0.717, 1.165) is 31.0 Å². The van der Waals surface area contributed by atoms with Crippen LogP contribution in [0.4, 0.5) is 8.78 Å². The molecule has 110 valence electrons. The fraction of sp³-hybridized carbons (Fsp3) is 0.231. The average Bonchev–Trinajstić information content (AvgIpc) is 2.44. The quantitative estimate of drug-likeness (QED) is 0.854. The number of aliphatic hydroxyl groups is 1. The normalized spacial score (nSPS) is 16.5. The number of aromatic nitrogens is 1. The summed E-state index contributed by atoms with van der Waals surface area (Å²) in [6.45, 7) is -0.269. The smallest absolute Gasteiger partial charge is 0.344 e. The lowest BCUT2D eigenvalue weighted by Crippen LogP contribution is -2.31.